The molecule has 0 aliphatic heterocycles. The quantitative estimate of drug-likeness (QED) is 0.540. The topological polar surface area (TPSA) is 29.1 Å². The van der Waals surface area contributed by atoms with Crippen LogP contribution in [0.5, 0.6) is 0 Å². The van der Waals surface area contributed by atoms with E-state index < -0.39 is 0 Å². The van der Waals surface area contributed by atoms with E-state index in [1.807, 2.05) is 0 Å². The standard InChI is InChI=1S/C25H47NO/c27-25(24-20-16-12-8-4-5-9-13-17-21-24)26-22-23-18-14-10-6-2-1-3-7-11-15-19-23/h23-24H,1-22H2,(H,26,27). The Morgan fingerprint density at radius 3 is 1.26 bits per heavy atom. The Bertz CT molecular complexity index is 343. The van der Waals surface area contributed by atoms with Crippen LogP contribution in [0.3, 0.4) is 0 Å². The minimum Gasteiger partial charge on any atom is -0.356 e. The molecule has 0 heterocycles. The van der Waals surface area contributed by atoms with Gasteiger partial charge in [0.15, 0.2) is 0 Å². The van der Waals surface area contributed by atoms with Crippen molar-refractivity contribution in [1.82, 2.24) is 5.32 Å². The van der Waals surface area contributed by atoms with E-state index in [1.54, 1.807) is 0 Å². The van der Waals surface area contributed by atoms with Gasteiger partial charge >= 0.3 is 0 Å². The number of amides is 1. The maximum absolute atomic E-state index is 12.9. The van der Waals surface area contributed by atoms with Crippen LogP contribution in [0, 0.1) is 11.8 Å². The lowest BCUT2D eigenvalue weighted by Crippen LogP contribution is -2.34. The second-order valence-corrected chi connectivity index (χ2v) is 9.47. The SMILES string of the molecule is O=C(NCC1CCCCCCCCCCC1)C1CCCCCCCCCC1. The van der Waals surface area contributed by atoms with Crippen LogP contribution in [-0.2, 0) is 4.79 Å². The Kier molecular flexibility index (Phi) is 13.0. The molecule has 0 unspecified atom stereocenters. The van der Waals surface area contributed by atoms with Crippen LogP contribution >= 0.6 is 0 Å². The van der Waals surface area contributed by atoms with Crippen molar-refractivity contribution in [2.45, 2.75) is 135 Å². The number of hydrogen-bond acceptors (Lipinski definition) is 1. The fourth-order valence-corrected chi connectivity index (χ4v) is 5.09. The molecule has 1 amide bonds. The summed E-state index contributed by atoms with van der Waals surface area (Å²) in [6.45, 7) is 0.940. The summed E-state index contributed by atoms with van der Waals surface area (Å²) in [6.07, 6.45) is 28.3. The van der Waals surface area contributed by atoms with Crippen LogP contribution in [0.15, 0.2) is 0 Å². The molecule has 2 heteroatoms. The second-order valence-electron chi connectivity index (χ2n) is 9.47. The maximum Gasteiger partial charge on any atom is 0.223 e. The van der Waals surface area contributed by atoms with Crippen molar-refractivity contribution >= 4 is 5.91 Å². The molecule has 0 bridgehead atoms. The highest BCUT2D eigenvalue weighted by Gasteiger charge is 2.19. The predicted molar refractivity (Wildman–Crippen MR) is 117 cm³/mol. The third kappa shape index (κ3) is 11.2. The van der Waals surface area contributed by atoms with Gasteiger partial charge in [-0.3, -0.25) is 4.79 Å². The Labute approximate surface area is 169 Å². The van der Waals surface area contributed by atoms with Gasteiger partial charge in [-0.2, -0.15) is 0 Å². The molecule has 0 saturated heterocycles. The van der Waals surface area contributed by atoms with E-state index in [0.717, 1.165) is 25.3 Å². The highest BCUT2D eigenvalue weighted by atomic mass is 16.1. The summed E-state index contributed by atoms with van der Waals surface area (Å²) in [5.41, 5.74) is 0. The Morgan fingerprint density at radius 2 is 0.852 bits per heavy atom. The molecule has 1 N–H and O–H groups in total. The molecule has 2 aliphatic carbocycles. The van der Waals surface area contributed by atoms with Gasteiger partial charge in [0.1, 0.15) is 0 Å². The first-order chi connectivity index (χ1) is 13.4. The van der Waals surface area contributed by atoms with E-state index in [9.17, 15) is 4.79 Å². The Hall–Kier alpha value is -0.530. The van der Waals surface area contributed by atoms with E-state index in [2.05, 4.69) is 5.32 Å². The maximum atomic E-state index is 12.9. The minimum absolute atomic E-state index is 0.286. The molecule has 0 aromatic rings. The zero-order valence-corrected chi connectivity index (χ0v) is 18.1. The molecule has 2 rings (SSSR count). The molecule has 27 heavy (non-hydrogen) atoms. The molecular formula is C25H47NO. The van der Waals surface area contributed by atoms with Gasteiger partial charge in [0.05, 0.1) is 0 Å². The van der Waals surface area contributed by atoms with Gasteiger partial charge in [-0.1, -0.05) is 109 Å². The lowest BCUT2D eigenvalue weighted by molar-refractivity contribution is -0.125. The summed E-state index contributed by atoms with van der Waals surface area (Å²) < 4.78 is 0. The average molecular weight is 378 g/mol. The van der Waals surface area contributed by atoms with Crippen molar-refractivity contribution in [2.75, 3.05) is 6.54 Å². The number of hydrogen-bond donors (Lipinski definition) is 1. The van der Waals surface area contributed by atoms with Gasteiger partial charge in [-0.05, 0) is 31.6 Å². The molecule has 2 aliphatic rings. The van der Waals surface area contributed by atoms with Crippen LogP contribution in [-0.4, -0.2) is 12.5 Å². The highest BCUT2D eigenvalue weighted by Crippen LogP contribution is 2.23. The van der Waals surface area contributed by atoms with Crippen LogP contribution in [0.2, 0.25) is 0 Å². The molecule has 0 aromatic carbocycles. The van der Waals surface area contributed by atoms with Crippen molar-refractivity contribution in [2.24, 2.45) is 11.8 Å². The fourth-order valence-electron chi connectivity index (χ4n) is 5.09. The third-order valence-electron chi connectivity index (χ3n) is 7.02. The lowest BCUT2D eigenvalue weighted by atomic mass is 9.91. The number of nitrogens with one attached hydrogen (secondary N) is 1. The van der Waals surface area contributed by atoms with Crippen molar-refractivity contribution in [3.8, 4) is 0 Å². The van der Waals surface area contributed by atoms with E-state index in [0.29, 0.717) is 5.91 Å². The Morgan fingerprint density at radius 1 is 0.519 bits per heavy atom. The van der Waals surface area contributed by atoms with Gasteiger partial charge in [-0.25, -0.2) is 0 Å². The summed E-state index contributed by atoms with van der Waals surface area (Å²) in [6, 6.07) is 0. The van der Waals surface area contributed by atoms with E-state index in [1.165, 1.54) is 122 Å². The van der Waals surface area contributed by atoms with Crippen LogP contribution < -0.4 is 5.32 Å². The van der Waals surface area contributed by atoms with Gasteiger partial charge in [0.25, 0.3) is 0 Å². The molecule has 0 atom stereocenters. The number of carbonyl (C=O) groups excluding carboxylic acids is 1. The van der Waals surface area contributed by atoms with Crippen molar-refractivity contribution in [3.05, 3.63) is 0 Å². The Balaban J connectivity index is 1.73. The van der Waals surface area contributed by atoms with Crippen molar-refractivity contribution in [1.29, 1.82) is 0 Å². The second kappa shape index (κ2) is 15.4. The molecule has 2 saturated carbocycles. The molecule has 0 radical (unpaired) electrons. The lowest BCUT2D eigenvalue weighted by Gasteiger charge is -2.21. The number of rotatable bonds is 3. The molecular weight excluding hydrogens is 330 g/mol. The largest absolute Gasteiger partial charge is 0.356 e. The predicted octanol–water partition coefficient (Wildman–Crippen LogP) is 7.55. The average Bonchev–Trinajstić information content (AvgIpc) is 2.73. The molecule has 0 aromatic heterocycles. The van der Waals surface area contributed by atoms with Gasteiger partial charge in [0, 0.05) is 12.5 Å². The van der Waals surface area contributed by atoms with Crippen LogP contribution in [0.25, 0.3) is 0 Å². The highest BCUT2D eigenvalue weighted by molar-refractivity contribution is 5.78. The summed E-state index contributed by atoms with van der Waals surface area (Å²) in [7, 11) is 0. The van der Waals surface area contributed by atoms with Crippen LogP contribution in [0.4, 0.5) is 0 Å². The number of carbonyl (C=O) groups is 1. The first-order valence-electron chi connectivity index (χ1n) is 12.6. The normalized spacial score (nSPS) is 24.1. The zero-order chi connectivity index (χ0) is 19.0. The molecule has 2 nitrogen and oxygen atoms in total. The van der Waals surface area contributed by atoms with E-state index in [4.69, 9.17) is 0 Å². The van der Waals surface area contributed by atoms with Crippen molar-refractivity contribution < 1.29 is 4.79 Å². The molecule has 158 valence electrons. The van der Waals surface area contributed by atoms with E-state index >= 15 is 0 Å². The van der Waals surface area contributed by atoms with Gasteiger partial charge in [0.2, 0.25) is 5.91 Å². The van der Waals surface area contributed by atoms with Crippen LogP contribution in [0.1, 0.15) is 135 Å². The van der Waals surface area contributed by atoms with Gasteiger partial charge < -0.3 is 5.32 Å². The first-order valence-corrected chi connectivity index (χ1v) is 12.6. The fraction of sp³-hybridized carbons (Fsp3) is 0.960. The third-order valence-corrected chi connectivity index (χ3v) is 7.02. The minimum atomic E-state index is 0.286. The monoisotopic (exact) mass is 377 g/mol. The first kappa shape index (κ1) is 22.8. The van der Waals surface area contributed by atoms with Crippen molar-refractivity contribution in [3.63, 3.8) is 0 Å². The summed E-state index contributed by atoms with van der Waals surface area (Å²) in [5, 5.41) is 3.40. The molecule has 2 fully saturated rings. The van der Waals surface area contributed by atoms with Gasteiger partial charge in [-0.15, -0.1) is 0 Å². The zero-order valence-electron chi connectivity index (χ0n) is 18.1. The summed E-state index contributed by atoms with van der Waals surface area (Å²) >= 11 is 0. The van der Waals surface area contributed by atoms with E-state index in [-0.39, 0.29) is 5.92 Å². The smallest absolute Gasteiger partial charge is 0.223 e. The molecule has 0 spiro atoms. The summed E-state index contributed by atoms with van der Waals surface area (Å²) in [5.74, 6) is 1.38. The summed E-state index contributed by atoms with van der Waals surface area (Å²) in [4.78, 5) is 12.9.